The molecule has 0 amide bonds. The molecule has 0 saturated carbocycles. The summed E-state index contributed by atoms with van der Waals surface area (Å²) in [4.78, 5) is 2.77. The van der Waals surface area contributed by atoms with E-state index in [1.165, 1.54) is 130 Å². The van der Waals surface area contributed by atoms with E-state index in [4.69, 9.17) is 14.2 Å². The van der Waals surface area contributed by atoms with Gasteiger partial charge in [-0.05, 0) is 346 Å². The molecule has 31 aromatic carbocycles. The Hall–Kier alpha value is -11.8. The third-order valence-electron chi connectivity index (χ3n) is 30.2. The highest BCUT2D eigenvalue weighted by molar-refractivity contribution is 6.82. The van der Waals surface area contributed by atoms with Crippen LogP contribution in [0.25, 0.3) is 324 Å². The molecule has 96 heavy (non-hydrogen) atoms. The Labute approximate surface area is 529 Å². The lowest BCUT2D eigenvalue weighted by Crippen LogP contribution is -2.52. The lowest BCUT2D eigenvalue weighted by Gasteiger charge is -2.52. The maximum Gasteiger partial charge on any atom is 0.138 e. The maximum absolute atomic E-state index is 11.2. The summed E-state index contributed by atoms with van der Waals surface area (Å²) in [7, 11) is 1.71. The Balaban J connectivity index is 0.889. The molecule has 1 atom stereocenters. The van der Waals surface area contributed by atoms with Gasteiger partial charge in [0.1, 0.15) is 35.4 Å². The molecule has 0 radical (unpaired) electrons. The monoisotopic (exact) mass is 1200 g/mol. The lowest BCUT2D eigenvalue weighted by molar-refractivity contribution is -0.0211. The Bertz CT molecular complexity index is 9080. The molecule has 2 spiro atoms. The normalized spacial score (nSPS) is 20.3. The number of nitriles is 4. The van der Waals surface area contributed by atoms with Crippen LogP contribution in [0.15, 0.2) is 42.5 Å². The number of nitrogens with zero attached hydrogens (tertiary/aromatic N) is 5. The summed E-state index contributed by atoms with van der Waals surface area (Å²) in [5, 5.41) is 131. The van der Waals surface area contributed by atoms with E-state index >= 15 is 0 Å². The number of likely N-dealkylation sites (tertiary alicyclic amines) is 1. The molecule has 1 aliphatic heterocycles. The number of fused-ring (bicyclic) bond motifs is 2. The average Bonchev–Trinajstić information content (AvgIpc) is 1.38. The summed E-state index contributed by atoms with van der Waals surface area (Å²) in [6.07, 6.45) is 0. The predicted octanol–water partition coefficient (Wildman–Crippen LogP) is 18.7. The van der Waals surface area contributed by atoms with Crippen LogP contribution in [0.2, 0.25) is 0 Å². The van der Waals surface area contributed by atoms with Gasteiger partial charge in [-0.3, -0.25) is 4.90 Å². The van der Waals surface area contributed by atoms with Crippen LogP contribution in [0.1, 0.15) is 33.9 Å². The molecule has 418 valence electrons. The largest absolute Gasteiger partial charge is 0.382 e. The highest BCUT2D eigenvalue weighted by Crippen LogP contribution is 2.87. The molecule has 8 heteroatoms. The van der Waals surface area contributed by atoms with Crippen molar-refractivity contribution in [3.8, 4) is 24.3 Å². The van der Waals surface area contributed by atoms with E-state index in [-0.39, 0.29) is 17.2 Å². The minimum Gasteiger partial charge on any atom is -0.382 e. The second kappa shape index (κ2) is 10.9. The van der Waals surface area contributed by atoms with Crippen LogP contribution in [0.4, 0.5) is 0 Å². The van der Waals surface area contributed by atoms with Crippen molar-refractivity contribution in [2.24, 2.45) is 0 Å². The van der Waals surface area contributed by atoms with E-state index in [0.29, 0.717) is 71.7 Å². The molecule has 5 aliphatic rings. The number of hydrogen-bond donors (Lipinski definition) is 0. The summed E-state index contributed by atoms with van der Waals surface area (Å²) in [6.45, 7) is 2.82. The molecular formula is C88H23N5O3. The highest BCUT2D eigenvalue weighted by atomic mass is 16.5. The van der Waals surface area contributed by atoms with Gasteiger partial charge in [0.15, 0.2) is 0 Å². The third-order valence-corrected chi connectivity index (χ3v) is 30.2. The molecular weight excluding hydrogens is 1170 g/mol. The summed E-state index contributed by atoms with van der Waals surface area (Å²) >= 11 is 0. The van der Waals surface area contributed by atoms with Crippen LogP contribution in [0.5, 0.6) is 0 Å². The first-order valence-corrected chi connectivity index (χ1v) is 34.1. The van der Waals surface area contributed by atoms with E-state index < -0.39 is 10.8 Å². The van der Waals surface area contributed by atoms with Gasteiger partial charge < -0.3 is 14.2 Å². The van der Waals surface area contributed by atoms with Crippen LogP contribution < -0.4 is 10.4 Å². The zero-order chi connectivity index (χ0) is 60.0. The van der Waals surface area contributed by atoms with Crippen LogP contribution >= 0.6 is 0 Å². The molecule has 4 aliphatic carbocycles. The average molecular weight is 1200 g/mol. The summed E-state index contributed by atoms with van der Waals surface area (Å²) in [5.74, 6) is 0. The minimum atomic E-state index is -0.766. The fourth-order valence-corrected chi connectivity index (χ4v) is 29.2. The number of methoxy groups -OCH3 is 1. The first-order valence-electron chi connectivity index (χ1n) is 34.1. The van der Waals surface area contributed by atoms with Crippen molar-refractivity contribution < 1.29 is 14.2 Å². The number of benzene rings is 21. The molecule has 36 rings (SSSR count). The highest BCUT2D eigenvalue weighted by Gasteiger charge is 2.76. The second-order valence-corrected chi connectivity index (χ2v) is 31.6. The molecule has 0 bridgehead atoms. The Morgan fingerprint density at radius 2 is 0.615 bits per heavy atom. The van der Waals surface area contributed by atoms with Crippen LogP contribution in [-0.2, 0) is 25.0 Å². The van der Waals surface area contributed by atoms with Gasteiger partial charge in [0.2, 0.25) is 0 Å². The van der Waals surface area contributed by atoms with Gasteiger partial charge in [-0.15, -0.1) is 0 Å². The van der Waals surface area contributed by atoms with Gasteiger partial charge in [-0.1, -0.05) is 36.4 Å². The van der Waals surface area contributed by atoms with Gasteiger partial charge in [0, 0.05) is 24.1 Å². The van der Waals surface area contributed by atoms with E-state index in [9.17, 15) is 21.0 Å². The van der Waals surface area contributed by atoms with Crippen molar-refractivity contribution in [3.05, 3.63) is 80.7 Å². The first kappa shape index (κ1) is 41.7. The van der Waals surface area contributed by atoms with Crippen molar-refractivity contribution in [1.82, 2.24) is 4.90 Å². The van der Waals surface area contributed by atoms with Gasteiger partial charge in [0.05, 0.1) is 50.0 Å². The minimum absolute atomic E-state index is 0.000165. The van der Waals surface area contributed by atoms with Gasteiger partial charge in [0.25, 0.3) is 0 Å². The Kier molecular flexibility index (Phi) is 4.73. The van der Waals surface area contributed by atoms with E-state index in [1.807, 2.05) is 24.3 Å². The zero-order valence-corrected chi connectivity index (χ0v) is 49.8. The summed E-state index contributed by atoms with van der Waals surface area (Å²) in [6, 6.07) is 23.5. The molecule has 1 saturated heterocycles. The lowest BCUT2D eigenvalue weighted by atomic mass is 9.47. The van der Waals surface area contributed by atoms with Gasteiger partial charge >= 0.3 is 0 Å². The second-order valence-electron chi connectivity index (χ2n) is 31.6. The fraction of sp³-hybridized carbons (Fsp3) is 0.114. The van der Waals surface area contributed by atoms with Gasteiger partial charge in [-0.25, -0.2) is 0 Å². The first-order chi connectivity index (χ1) is 47.6. The molecule has 0 aromatic heterocycles. The Morgan fingerprint density at radius 1 is 0.344 bits per heavy atom. The number of hydrogen-bond acceptors (Lipinski definition) is 8. The van der Waals surface area contributed by atoms with Crippen molar-refractivity contribution in [2.45, 2.75) is 16.9 Å². The third kappa shape index (κ3) is 2.73. The van der Waals surface area contributed by atoms with Crippen LogP contribution in [0, 0.1) is 45.3 Å². The van der Waals surface area contributed by atoms with E-state index in [1.54, 1.807) is 191 Å². The van der Waals surface area contributed by atoms with E-state index in [2.05, 4.69) is 47.4 Å². The summed E-state index contributed by atoms with van der Waals surface area (Å²) < 4.78 is 18.9. The molecule has 1 unspecified atom stereocenters. The fourth-order valence-electron chi connectivity index (χ4n) is 29.2. The molecule has 0 N–H and O–H groups in total. The molecule has 8 nitrogen and oxygen atoms in total. The quantitative estimate of drug-likeness (QED) is 0.0794. The molecule has 31 aromatic rings. The maximum atomic E-state index is 11.2. The zero-order valence-electron chi connectivity index (χ0n) is 49.8. The molecule has 1 heterocycles. The van der Waals surface area contributed by atoms with Crippen molar-refractivity contribution in [3.63, 3.8) is 0 Å². The van der Waals surface area contributed by atoms with Crippen LogP contribution in [0.3, 0.4) is 0 Å². The molecule has 1 fully saturated rings. The predicted molar refractivity (Wildman–Crippen MR) is 387 cm³/mol. The van der Waals surface area contributed by atoms with Crippen molar-refractivity contribution in [1.29, 1.82) is 21.0 Å². The van der Waals surface area contributed by atoms with Crippen molar-refractivity contribution in [2.75, 3.05) is 46.8 Å². The van der Waals surface area contributed by atoms with Gasteiger partial charge in [-0.2, -0.15) is 21.0 Å². The van der Waals surface area contributed by atoms with E-state index in [0.717, 1.165) is 5.56 Å². The SMILES string of the molecule is COCCOCCOCN1CC23c4c5c6c7c8c9c(c%10c%11c2c2c4c4c%12c5c5c6c6c8c8c%13c9c9c%10c%10c%11c%11c2c2c4c4c%12c%12c5c5c6c8c6c8c%13c9c9c%10c%10c%11c2c2c4c4c%12c5c6c5c8c9c%10c2c45)C73C1c1ccc2c(=C(C#N)C#N)c3ccccc3c(=C(C#N)C#N)c2c1. The van der Waals surface area contributed by atoms with Crippen molar-refractivity contribution >= 4 is 324 Å². The number of rotatable bonds is 9. The topological polar surface area (TPSA) is 126 Å². The Morgan fingerprint density at radius 3 is 0.927 bits per heavy atom. The standard InChI is InChI=1S/C88H23N5O3/c1-94-8-9-95-10-11-96-18-93-17-87-82-74-66-56-46-38-30-28-29-32-36-34(30)42-50-44(36)54-48-40(32)41-33(29)37-35-31(28)39(38)47-53-43(35)51-45(37)55-49(41)59-58(48)70-64(54)72-62(50)68(60(66)52(42)46)76(82)78(72)84-80(70)81-71(59)65(55)73-63(51)69-61(53)67(57(47)56)75(74)83(87)77(69)79(73)85(81)88(84,87)86(93)19-6-7-24-25(12-19)27(21(15-91)16-92)23-5-3-2-4-22(23)26(24)20(13-89)14-90/h2-7,12,86H,8-11,17-18H2,1H3. The van der Waals surface area contributed by atoms with Crippen LogP contribution in [-0.4, -0.2) is 51.7 Å². The summed E-state index contributed by atoms with van der Waals surface area (Å²) in [5.41, 5.74) is 5.84. The smallest absolute Gasteiger partial charge is 0.138 e. The number of ether oxygens (including phenoxy) is 3.